The van der Waals surface area contributed by atoms with Gasteiger partial charge in [-0.25, -0.2) is 18.4 Å². The molecule has 0 amide bonds. The van der Waals surface area contributed by atoms with Gasteiger partial charge in [0.05, 0.1) is 12.8 Å². The van der Waals surface area contributed by atoms with Gasteiger partial charge in [-0.3, -0.25) is 0 Å². The molecule has 100 valence electrons. The zero-order chi connectivity index (χ0) is 13.3. The smallest absolute Gasteiger partial charge is 0.317 e. The quantitative estimate of drug-likeness (QED) is 0.800. The lowest BCUT2D eigenvalue weighted by atomic mass is 10.3. The van der Waals surface area contributed by atoms with Crippen LogP contribution >= 0.6 is 0 Å². The second kappa shape index (κ2) is 4.81. The summed E-state index contributed by atoms with van der Waals surface area (Å²) in [5, 5.41) is 0. The van der Waals surface area contributed by atoms with Crippen LogP contribution in [0.3, 0.4) is 0 Å². The molecular formula is C11H17N3O3S. The van der Waals surface area contributed by atoms with Crippen LogP contribution in [-0.2, 0) is 10.0 Å². The van der Waals surface area contributed by atoms with Gasteiger partial charge in [0.25, 0.3) is 0 Å². The largest absolute Gasteiger partial charge is 0.459 e. The fourth-order valence-corrected chi connectivity index (χ4v) is 2.86. The summed E-state index contributed by atoms with van der Waals surface area (Å²) in [7, 11) is -3.13. The number of hydrogen-bond donors (Lipinski definition) is 0. The number of nitrogens with zero attached hydrogens (tertiary/aromatic N) is 3. The van der Waals surface area contributed by atoms with Gasteiger partial charge in [0.1, 0.15) is 6.10 Å². The van der Waals surface area contributed by atoms with Crippen LogP contribution in [0, 0.1) is 13.8 Å². The summed E-state index contributed by atoms with van der Waals surface area (Å²) in [6, 6.07) is 2.19. The van der Waals surface area contributed by atoms with Gasteiger partial charge >= 0.3 is 6.01 Å². The molecule has 7 heteroatoms. The standard InChI is InChI=1S/C11H17N3O3S/c1-8-6-9(2)13-11(12-8)17-10-4-5-14(7-10)18(3,15)16/h6,10H,4-5,7H2,1-3H3. The summed E-state index contributed by atoms with van der Waals surface area (Å²) < 4.78 is 29.8. The SMILES string of the molecule is Cc1cc(C)nc(OC2CCN(S(C)(=O)=O)C2)n1. The molecule has 1 unspecified atom stereocenters. The Balaban J connectivity index is 2.03. The number of aryl methyl sites for hydroxylation is 2. The van der Waals surface area contributed by atoms with Crippen molar-refractivity contribution >= 4 is 10.0 Å². The number of aromatic nitrogens is 2. The topological polar surface area (TPSA) is 72.4 Å². The third-order valence-corrected chi connectivity index (χ3v) is 4.08. The van der Waals surface area contributed by atoms with Crippen LogP contribution in [0.2, 0.25) is 0 Å². The molecule has 0 aromatic carbocycles. The lowest BCUT2D eigenvalue weighted by Crippen LogP contribution is -2.30. The van der Waals surface area contributed by atoms with Crippen molar-refractivity contribution in [2.45, 2.75) is 26.4 Å². The molecule has 1 aliphatic rings. The van der Waals surface area contributed by atoms with Crippen LogP contribution in [0.4, 0.5) is 0 Å². The highest BCUT2D eigenvalue weighted by atomic mass is 32.2. The molecule has 2 rings (SSSR count). The Kier molecular flexibility index (Phi) is 3.54. The summed E-state index contributed by atoms with van der Waals surface area (Å²) in [6.45, 7) is 4.61. The van der Waals surface area contributed by atoms with Gasteiger partial charge in [0, 0.05) is 17.9 Å². The van der Waals surface area contributed by atoms with Crippen molar-refractivity contribution in [2.75, 3.05) is 19.3 Å². The molecule has 0 aliphatic carbocycles. The Labute approximate surface area is 107 Å². The number of hydrogen-bond acceptors (Lipinski definition) is 5. The minimum Gasteiger partial charge on any atom is -0.459 e. The van der Waals surface area contributed by atoms with E-state index in [2.05, 4.69) is 9.97 Å². The summed E-state index contributed by atoms with van der Waals surface area (Å²) in [5.74, 6) is 0. The van der Waals surface area contributed by atoms with E-state index < -0.39 is 10.0 Å². The van der Waals surface area contributed by atoms with Crippen LogP contribution in [0.1, 0.15) is 17.8 Å². The third-order valence-electron chi connectivity index (χ3n) is 2.81. The molecular weight excluding hydrogens is 254 g/mol. The molecule has 1 aromatic rings. The molecule has 0 bridgehead atoms. The second-order valence-corrected chi connectivity index (χ2v) is 6.57. The van der Waals surface area contributed by atoms with Crippen LogP contribution in [0.25, 0.3) is 0 Å². The molecule has 1 aromatic heterocycles. The average Bonchev–Trinajstić information content (AvgIpc) is 2.63. The molecule has 6 nitrogen and oxygen atoms in total. The van der Waals surface area contributed by atoms with Crippen LogP contribution in [0.5, 0.6) is 6.01 Å². The normalized spacial score (nSPS) is 21.2. The lowest BCUT2D eigenvalue weighted by Gasteiger charge is -2.14. The Hall–Kier alpha value is -1.21. The number of sulfonamides is 1. The minimum atomic E-state index is -3.13. The molecule has 1 atom stereocenters. The number of rotatable bonds is 3. The van der Waals surface area contributed by atoms with Crippen LogP contribution in [0.15, 0.2) is 6.07 Å². The predicted octanol–water partition coefficient (Wildman–Crippen LogP) is 0.506. The second-order valence-electron chi connectivity index (χ2n) is 4.58. The van der Waals surface area contributed by atoms with E-state index in [9.17, 15) is 8.42 Å². The maximum absolute atomic E-state index is 11.4. The molecule has 2 heterocycles. The van der Waals surface area contributed by atoms with E-state index in [1.165, 1.54) is 10.6 Å². The van der Waals surface area contributed by atoms with E-state index in [1.807, 2.05) is 19.9 Å². The van der Waals surface area contributed by atoms with E-state index in [4.69, 9.17) is 4.74 Å². The van der Waals surface area contributed by atoms with Crippen LogP contribution in [-0.4, -0.2) is 48.1 Å². The maximum atomic E-state index is 11.4. The fraction of sp³-hybridized carbons (Fsp3) is 0.636. The first-order valence-electron chi connectivity index (χ1n) is 5.78. The van der Waals surface area contributed by atoms with E-state index in [-0.39, 0.29) is 6.10 Å². The van der Waals surface area contributed by atoms with Gasteiger partial charge in [0.15, 0.2) is 0 Å². The molecule has 1 fully saturated rings. The van der Waals surface area contributed by atoms with Gasteiger partial charge in [-0.1, -0.05) is 0 Å². The molecule has 0 radical (unpaired) electrons. The Morgan fingerprint density at radius 2 is 1.94 bits per heavy atom. The van der Waals surface area contributed by atoms with Gasteiger partial charge in [0.2, 0.25) is 10.0 Å². The zero-order valence-electron chi connectivity index (χ0n) is 10.8. The highest BCUT2D eigenvalue weighted by molar-refractivity contribution is 7.88. The summed E-state index contributed by atoms with van der Waals surface area (Å²) in [4.78, 5) is 8.37. The first-order chi connectivity index (χ1) is 8.34. The predicted molar refractivity (Wildman–Crippen MR) is 67.0 cm³/mol. The first-order valence-corrected chi connectivity index (χ1v) is 7.63. The Morgan fingerprint density at radius 1 is 1.33 bits per heavy atom. The van der Waals surface area contributed by atoms with E-state index in [1.54, 1.807) is 0 Å². The molecule has 0 spiro atoms. The monoisotopic (exact) mass is 271 g/mol. The highest BCUT2D eigenvalue weighted by Crippen LogP contribution is 2.17. The average molecular weight is 271 g/mol. The molecule has 1 aliphatic heterocycles. The van der Waals surface area contributed by atoms with E-state index in [0.717, 1.165) is 11.4 Å². The molecule has 0 N–H and O–H groups in total. The lowest BCUT2D eigenvalue weighted by molar-refractivity contribution is 0.197. The highest BCUT2D eigenvalue weighted by Gasteiger charge is 2.30. The maximum Gasteiger partial charge on any atom is 0.317 e. The van der Waals surface area contributed by atoms with Crippen LogP contribution < -0.4 is 4.74 Å². The Morgan fingerprint density at radius 3 is 2.44 bits per heavy atom. The van der Waals surface area contributed by atoms with Crippen molar-refractivity contribution in [1.29, 1.82) is 0 Å². The summed E-state index contributed by atoms with van der Waals surface area (Å²) in [5.41, 5.74) is 1.69. The van der Waals surface area contributed by atoms with Crippen molar-refractivity contribution in [3.05, 3.63) is 17.5 Å². The van der Waals surface area contributed by atoms with Gasteiger partial charge in [-0.15, -0.1) is 0 Å². The molecule has 0 saturated carbocycles. The third kappa shape index (κ3) is 3.17. The fourth-order valence-electron chi connectivity index (χ4n) is 1.99. The summed E-state index contributed by atoms with van der Waals surface area (Å²) in [6.07, 6.45) is 1.72. The van der Waals surface area contributed by atoms with Gasteiger partial charge < -0.3 is 4.74 Å². The minimum absolute atomic E-state index is 0.166. The van der Waals surface area contributed by atoms with Crippen molar-refractivity contribution in [3.63, 3.8) is 0 Å². The Bertz CT molecular complexity index is 524. The summed E-state index contributed by atoms with van der Waals surface area (Å²) >= 11 is 0. The van der Waals surface area contributed by atoms with Gasteiger partial charge in [-0.05, 0) is 26.3 Å². The number of ether oxygens (including phenoxy) is 1. The van der Waals surface area contributed by atoms with Gasteiger partial charge in [-0.2, -0.15) is 4.31 Å². The van der Waals surface area contributed by atoms with Crippen molar-refractivity contribution in [2.24, 2.45) is 0 Å². The molecule has 1 saturated heterocycles. The first kappa shape index (κ1) is 13.2. The van der Waals surface area contributed by atoms with Crippen molar-refractivity contribution in [3.8, 4) is 6.01 Å². The van der Waals surface area contributed by atoms with Crippen molar-refractivity contribution in [1.82, 2.24) is 14.3 Å². The zero-order valence-corrected chi connectivity index (χ0v) is 11.6. The van der Waals surface area contributed by atoms with E-state index in [0.29, 0.717) is 25.5 Å². The van der Waals surface area contributed by atoms with E-state index >= 15 is 0 Å². The molecule has 18 heavy (non-hydrogen) atoms. The van der Waals surface area contributed by atoms with Crippen molar-refractivity contribution < 1.29 is 13.2 Å².